The highest BCUT2D eigenvalue weighted by Gasteiger charge is 2.20. The fourth-order valence-electron chi connectivity index (χ4n) is 2.41. The first-order valence-electron chi connectivity index (χ1n) is 8.28. The van der Waals surface area contributed by atoms with E-state index in [0.29, 0.717) is 11.4 Å². The third kappa shape index (κ3) is 5.86. The van der Waals surface area contributed by atoms with Crippen LogP contribution in [0.1, 0.15) is 18.1 Å². The van der Waals surface area contributed by atoms with Crippen LogP contribution in [0.4, 0.5) is 5.69 Å². The predicted octanol–water partition coefficient (Wildman–Crippen LogP) is 2.66. The zero-order valence-electron chi connectivity index (χ0n) is 15.2. The molecule has 0 unspecified atom stereocenters. The Hall–Kier alpha value is -2.38. The summed E-state index contributed by atoms with van der Waals surface area (Å²) < 4.78 is 30.3. The lowest BCUT2D eigenvalue weighted by Crippen LogP contribution is -2.36. The molecule has 0 saturated heterocycles. The van der Waals surface area contributed by atoms with Crippen LogP contribution in [0.15, 0.2) is 48.5 Å². The monoisotopic (exact) mass is 376 g/mol. The summed E-state index contributed by atoms with van der Waals surface area (Å²) in [6.45, 7) is 1.92. The van der Waals surface area contributed by atoms with E-state index in [0.717, 1.165) is 22.5 Å². The van der Waals surface area contributed by atoms with Gasteiger partial charge in [-0.1, -0.05) is 31.2 Å². The maximum absolute atomic E-state index is 12.3. The topological polar surface area (TPSA) is 75.7 Å². The van der Waals surface area contributed by atoms with Crippen molar-refractivity contribution < 1.29 is 17.9 Å². The molecular weight excluding hydrogens is 352 g/mol. The number of aryl methyl sites for hydroxylation is 1. The van der Waals surface area contributed by atoms with E-state index in [-0.39, 0.29) is 19.0 Å². The number of methoxy groups -OCH3 is 1. The van der Waals surface area contributed by atoms with Gasteiger partial charge in [-0.2, -0.15) is 4.31 Å². The highest BCUT2D eigenvalue weighted by molar-refractivity contribution is 7.88. The number of nitrogens with zero attached hydrogens (tertiary/aromatic N) is 1. The predicted molar refractivity (Wildman–Crippen MR) is 103 cm³/mol. The number of nitrogens with one attached hydrogen (secondary N) is 1. The molecule has 1 amide bonds. The van der Waals surface area contributed by atoms with Crippen LogP contribution in [0.5, 0.6) is 5.75 Å². The molecule has 2 aromatic carbocycles. The summed E-state index contributed by atoms with van der Waals surface area (Å²) in [5.41, 5.74) is 2.58. The van der Waals surface area contributed by atoms with Gasteiger partial charge < -0.3 is 10.1 Å². The van der Waals surface area contributed by atoms with Crippen LogP contribution in [0, 0.1) is 0 Å². The van der Waals surface area contributed by atoms with Crippen molar-refractivity contribution in [1.29, 1.82) is 0 Å². The van der Waals surface area contributed by atoms with Crippen molar-refractivity contribution in [3.63, 3.8) is 0 Å². The van der Waals surface area contributed by atoms with Crippen molar-refractivity contribution in [3.05, 3.63) is 59.7 Å². The quantitative estimate of drug-likeness (QED) is 0.768. The first kappa shape index (κ1) is 19.9. The molecular formula is C19H24N2O4S. The third-order valence-electron chi connectivity index (χ3n) is 3.95. The number of hydrogen-bond donors (Lipinski definition) is 1. The number of amides is 1. The lowest BCUT2D eigenvalue weighted by atomic mass is 10.1. The summed E-state index contributed by atoms with van der Waals surface area (Å²) in [6, 6.07) is 14.5. The van der Waals surface area contributed by atoms with Crippen molar-refractivity contribution in [1.82, 2.24) is 4.31 Å². The second kappa shape index (κ2) is 8.82. The van der Waals surface area contributed by atoms with Gasteiger partial charge in [0.15, 0.2) is 0 Å². The van der Waals surface area contributed by atoms with Gasteiger partial charge in [0, 0.05) is 12.2 Å². The van der Waals surface area contributed by atoms with E-state index in [4.69, 9.17) is 4.74 Å². The van der Waals surface area contributed by atoms with Crippen molar-refractivity contribution in [3.8, 4) is 5.75 Å². The largest absolute Gasteiger partial charge is 0.497 e. The van der Waals surface area contributed by atoms with Crippen LogP contribution in [0.25, 0.3) is 0 Å². The Labute approximate surface area is 154 Å². The summed E-state index contributed by atoms with van der Waals surface area (Å²) in [5, 5.41) is 2.73. The van der Waals surface area contributed by atoms with Gasteiger partial charge in [-0.3, -0.25) is 4.79 Å². The average molecular weight is 376 g/mol. The minimum Gasteiger partial charge on any atom is -0.497 e. The van der Waals surface area contributed by atoms with E-state index >= 15 is 0 Å². The fourth-order valence-corrected chi connectivity index (χ4v) is 3.14. The van der Waals surface area contributed by atoms with E-state index in [1.807, 2.05) is 24.3 Å². The van der Waals surface area contributed by atoms with Gasteiger partial charge in [0.05, 0.1) is 19.9 Å². The molecule has 1 N–H and O–H groups in total. The molecule has 2 aromatic rings. The van der Waals surface area contributed by atoms with Gasteiger partial charge in [0.2, 0.25) is 15.9 Å². The van der Waals surface area contributed by atoms with Gasteiger partial charge in [0.25, 0.3) is 0 Å². The number of sulfonamides is 1. The molecule has 0 fully saturated rings. The van der Waals surface area contributed by atoms with E-state index in [9.17, 15) is 13.2 Å². The molecule has 140 valence electrons. The molecule has 2 rings (SSSR count). The zero-order valence-corrected chi connectivity index (χ0v) is 16.0. The van der Waals surface area contributed by atoms with Crippen molar-refractivity contribution in [2.24, 2.45) is 0 Å². The Balaban J connectivity index is 2.05. The number of carbonyl (C=O) groups excluding carboxylic acids is 1. The highest BCUT2D eigenvalue weighted by Crippen LogP contribution is 2.15. The number of benzene rings is 2. The molecule has 0 spiro atoms. The lowest BCUT2D eigenvalue weighted by Gasteiger charge is -2.20. The molecule has 0 saturated carbocycles. The number of carbonyl (C=O) groups is 1. The molecule has 26 heavy (non-hydrogen) atoms. The van der Waals surface area contributed by atoms with Crippen LogP contribution < -0.4 is 10.1 Å². The second-order valence-electron chi connectivity index (χ2n) is 5.98. The van der Waals surface area contributed by atoms with E-state index < -0.39 is 10.0 Å². The highest BCUT2D eigenvalue weighted by atomic mass is 32.2. The number of anilines is 1. The molecule has 0 aliphatic carbocycles. The zero-order chi connectivity index (χ0) is 19.2. The summed E-state index contributed by atoms with van der Waals surface area (Å²) in [6.07, 6.45) is 2.01. The number of rotatable bonds is 8. The second-order valence-corrected chi connectivity index (χ2v) is 7.96. The molecule has 0 atom stereocenters. The molecule has 0 radical (unpaired) electrons. The Kier molecular flexibility index (Phi) is 6.76. The lowest BCUT2D eigenvalue weighted by molar-refractivity contribution is -0.116. The van der Waals surface area contributed by atoms with Gasteiger partial charge >= 0.3 is 0 Å². The molecule has 7 heteroatoms. The van der Waals surface area contributed by atoms with E-state index in [2.05, 4.69) is 12.2 Å². The summed E-state index contributed by atoms with van der Waals surface area (Å²) in [4.78, 5) is 12.3. The van der Waals surface area contributed by atoms with Gasteiger partial charge in [0.1, 0.15) is 5.75 Å². The first-order chi connectivity index (χ1) is 12.3. The Morgan fingerprint density at radius 3 is 2.12 bits per heavy atom. The normalized spacial score (nSPS) is 11.4. The van der Waals surface area contributed by atoms with Crippen LogP contribution in [0.3, 0.4) is 0 Å². The van der Waals surface area contributed by atoms with Crippen LogP contribution >= 0.6 is 0 Å². The van der Waals surface area contributed by atoms with Gasteiger partial charge in [-0.25, -0.2) is 8.42 Å². The van der Waals surface area contributed by atoms with Crippen LogP contribution in [-0.4, -0.2) is 38.5 Å². The molecule has 0 aliphatic heterocycles. The molecule has 6 nitrogen and oxygen atoms in total. The maximum atomic E-state index is 12.3. The van der Waals surface area contributed by atoms with Crippen molar-refractivity contribution >= 4 is 21.6 Å². The van der Waals surface area contributed by atoms with Gasteiger partial charge in [-0.05, 0) is 41.8 Å². The standard InChI is InChI=1S/C19H24N2O4S/c1-4-15-5-9-17(10-6-15)20-19(22)14-21(26(3,23)24)13-16-7-11-18(25-2)12-8-16/h5-12H,4,13-14H2,1-3H3,(H,20,22). The summed E-state index contributed by atoms with van der Waals surface area (Å²) in [5.74, 6) is 0.307. The maximum Gasteiger partial charge on any atom is 0.239 e. The first-order valence-corrected chi connectivity index (χ1v) is 10.1. The average Bonchev–Trinajstić information content (AvgIpc) is 2.61. The number of hydrogen-bond acceptors (Lipinski definition) is 4. The van der Waals surface area contributed by atoms with Crippen molar-refractivity contribution in [2.45, 2.75) is 19.9 Å². The summed E-state index contributed by atoms with van der Waals surface area (Å²) in [7, 11) is -1.97. The van der Waals surface area contributed by atoms with E-state index in [1.54, 1.807) is 31.4 Å². The SMILES string of the molecule is CCc1ccc(NC(=O)CN(Cc2ccc(OC)cc2)S(C)(=O)=O)cc1. The molecule has 0 heterocycles. The fraction of sp³-hybridized carbons (Fsp3) is 0.316. The Morgan fingerprint density at radius 2 is 1.62 bits per heavy atom. The minimum absolute atomic E-state index is 0.116. The molecule has 0 aliphatic rings. The van der Waals surface area contributed by atoms with E-state index in [1.165, 1.54) is 5.56 Å². The smallest absolute Gasteiger partial charge is 0.239 e. The Bertz CT molecular complexity index is 831. The summed E-state index contributed by atoms with van der Waals surface area (Å²) >= 11 is 0. The van der Waals surface area contributed by atoms with Crippen LogP contribution in [-0.2, 0) is 27.8 Å². The van der Waals surface area contributed by atoms with Crippen molar-refractivity contribution in [2.75, 3.05) is 25.2 Å². The number of ether oxygens (including phenoxy) is 1. The minimum atomic E-state index is -3.54. The molecule has 0 bridgehead atoms. The molecule has 0 aromatic heterocycles. The Morgan fingerprint density at radius 1 is 1.04 bits per heavy atom. The third-order valence-corrected chi connectivity index (χ3v) is 5.15. The van der Waals surface area contributed by atoms with Crippen LogP contribution in [0.2, 0.25) is 0 Å². The van der Waals surface area contributed by atoms with Gasteiger partial charge in [-0.15, -0.1) is 0 Å².